The molecule has 0 radical (unpaired) electrons. The maximum atomic E-state index is 7.17. The van der Waals surface area contributed by atoms with Crippen LogP contribution in [0.3, 0.4) is 0 Å². The first-order valence-corrected chi connectivity index (χ1v) is 22.2. The second-order valence-electron chi connectivity index (χ2n) is 14.6. The number of hydrogen-bond donors (Lipinski definition) is 0. The van der Waals surface area contributed by atoms with Crippen LogP contribution in [0, 0.1) is 0 Å². The summed E-state index contributed by atoms with van der Waals surface area (Å²) in [6, 6.07) is 73.4. The van der Waals surface area contributed by atoms with Crippen molar-refractivity contribution in [3.63, 3.8) is 0 Å². The third-order valence-electron chi connectivity index (χ3n) is 11.2. The third kappa shape index (κ3) is 6.12. The first-order chi connectivity index (χ1) is 28.8. The average Bonchev–Trinajstić information content (AvgIpc) is 3.45. The van der Waals surface area contributed by atoms with Crippen LogP contribution < -0.4 is 15.1 Å². The van der Waals surface area contributed by atoms with Crippen LogP contribution in [-0.2, 0) is 6.16 Å². The van der Waals surface area contributed by atoms with Crippen LogP contribution in [0.4, 0.5) is 0 Å². The van der Waals surface area contributed by atoms with Crippen molar-refractivity contribution >= 4 is 91.8 Å². The van der Waals surface area contributed by atoms with Crippen molar-refractivity contribution in [2.45, 2.75) is 6.16 Å². The van der Waals surface area contributed by atoms with Crippen LogP contribution in [0.25, 0.3) is 76.2 Å². The molecule has 0 amide bonds. The third-order valence-corrected chi connectivity index (χ3v) is 14.7. The summed E-state index contributed by atoms with van der Waals surface area (Å²) in [5.41, 5.74) is 4.96. The monoisotopic (exact) mass is 782 g/mol. The van der Waals surface area contributed by atoms with Gasteiger partial charge in [-0.25, -0.2) is 0 Å². The van der Waals surface area contributed by atoms with E-state index in [4.69, 9.17) is 12.9 Å². The molecular formula is C53H36O3P2. The van der Waals surface area contributed by atoms with Crippen molar-refractivity contribution in [3.8, 4) is 16.9 Å². The Kier molecular flexibility index (Phi) is 8.77. The van der Waals surface area contributed by atoms with Gasteiger partial charge in [-0.05, 0) is 90.9 Å². The minimum atomic E-state index is -1.96. The highest BCUT2D eigenvalue weighted by Crippen LogP contribution is 2.50. The summed E-state index contributed by atoms with van der Waals surface area (Å²) in [6.45, 7) is 0. The standard InChI is InChI=1S/C53H36O3P2/c1-3-19-41(20-4-1)57(42-21-5-2-6-22-42)35-40-28-27-36-15-7-11-23-43(36)50(40)51-44-24-12-8-16-37(44)29-32-47(51)54-58-55-48-33-30-38-17-9-13-25-45(38)52(48)53-46-26-14-10-18-39(46)31-34-49(53)56-58/h1-34H,35H2. The Hall–Kier alpha value is -6.63. The van der Waals surface area contributed by atoms with Gasteiger partial charge in [0.1, 0.15) is 16.9 Å². The lowest BCUT2D eigenvalue weighted by Gasteiger charge is -2.23. The second-order valence-corrected chi connectivity index (χ2v) is 17.8. The molecule has 0 saturated heterocycles. The highest BCUT2D eigenvalue weighted by molar-refractivity contribution is 7.72. The predicted molar refractivity (Wildman–Crippen MR) is 247 cm³/mol. The lowest BCUT2D eigenvalue weighted by molar-refractivity contribution is 0.500. The zero-order valence-electron chi connectivity index (χ0n) is 31.5. The molecule has 5 heteroatoms. The summed E-state index contributed by atoms with van der Waals surface area (Å²) in [4.78, 5) is 0. The minimum Gasteiger partial charge on any atom is -0.390 e. The van der Waals surface area contributed by atoms with Crippen molar-refractivity contribution in [3.05, 3.63) is 212 Å². The van der Waals surface area contributed by atoms with Crippen LogP contribution in [-0.4, -0.2) is 0 Å². The molecule has 0 fully saturated rings. The van der Waals surface area contributed by atoms with Crippen LogP contribution in [0.2, 0.25) is 0 Å². The quantitative estimate of drug-likeness (QED) is 0.151. The summed E-state index contributed by atoms with van der Waals surface area (Å²) in [6.07, 6.45) is 0.856. The topological polar surface area (TPSA) is 35.5 Å². The van der Waals surface area contributed by atoms with Crippen molar-refractivity contribution in [1.82, 2.24) is 0 Å². The van der Waals surface area contributed by atoms with E-state index in [2.05, 4.69) is 206 Å². The molecule has 3 nitrogen and oxygen atoms in total. The average molecular weight is 783 g/mol. The number of fused-ring (bicyclic) bond motifs is 9. The Balaban J connectivity index is 1.17. The normalized spacial score (nSPS) is 11.7. The van der Waals surface area contributed by atoms with Crippen LogP contribution in [0.1, 0.15) is 5.56 Å². The lowest BCUT2D eigenvalue weighted by atomic mass is 9.90. The van der Waals surface area contributed by atoms with Crippen molar-refractivity contribution in [2.75, 3.05) is 0 Å². The Bertz CT molecular complexity index is 3220. The molecule has 276 valence electrons. The molecule has 0 spiro atoms. The number of benzene rings is 10. The van der Waals surface area contributed by atoms with Gasteiger partial charge in [-0.3, -0.25) is 0 Å². The largest absolute Gasteiger partial charge is 0.453 e. The van der Waals surface area contributed by atoms with Crippen molar-refractivity contribution < 1.29 is 12.9 Å². The van der Waals surface area contributed by atoms with Crippen molar-refractivity contribution in [2.24, 2.45) is 0 Å². The van der Waals surface area contributed by atoms with Gasteiger partial charge in [0.25, 0.3) is 0 Å². The molecule has 0 unspecified atom stereocenters. The summed E-state index contributed by atoms with van der Waals surface area (Å²) >= 11 is 0. The van der Waals surface area contributed by atoms with Gasteiger partial charge in [0, 0.05) is 22.5 Å². The van der Waals surface area contributed by atoms with Crippen molar-refractivity contribution in [1.29, 1.82) is 0 Å². The fraction of sp³-hybridized carbons (Fsp3) is 0.0189. The molecule has 0 N–H and O–H groups in total. The molecule has 0 aliphatic heterocycles. The highest BCUT2D eigenvalue weighted by Gasteiger charge is 2.23. The van der Waals surface area contributed by atoms with Gasteiger partial charge in [0.15, 0.2) is 0 Å². The summed E-state index contributed by atoms with van der Waals surface area (Å²) in [5, 5.41) is 13.8. The molecule has 11 rings (SSSR count). The molecule has 0 aliphatic rings. The molecule has 0 bridgehead atoms. The fourth-order valence-corrected chi connectivity index (χ4v) is 11.9. The number of hydrogen-bond acceptors (Lipinski definition) is 3. The molecular weight excluding hydrogens is 747 g/mol. The van der Waals surface area contributed by atoms with E-state index in [0.29, 0.717) is 0 Å². The van der Waals surface area contributed by atoms with E-state index < -0.39 is 16.2 Å². The summed E-state index contributed by atoms with van der Waals surface area (Å²) < 4.78 is 21.0. The Morgan fingerprint density at radius 2 is 0.793 bits per heavy atom. The van der Waals surface area contributed by atoms with Gasteiger partial charge in [-0.2, -0.15) is 0 Å². The van der Waals surface area contributed by atoms with E-state index in [1.165, 1.54) is 32.5 Å². The molecule has 0 saturated carbocycles. The van der Waals surface area contributed by atoms with Gasteiger partial charge in [-0.15, -0.1) is 0 Å². The lowest BCUT2D eigenvalue weighted by Crippen LogP contribution is -2.13. The summed E-state index contributed by atoms with van der Waals surface area (Å²) in [5.74, 6) is 0.720. The van der Waals surface area contributed by atoms with Gasteiger partial charge < -0.3 is 12.9 Å². The first kappa shape index (κ1) is 34.6. The Labute approximate surface area is 338 Å². The molecule has 10 aromatic carbocycles. The van der Waals surface area contributed by atoms with E-state index in [1.807, 2.05) is 0 Å². The van der Waals surface area contributed by atoms with E-state index in [0.717, 1.165) is 71.7 Å². The zero-order valence-corrected chi connectivity index (χ0v) is 33.2. The van der Waals surface area contributed by atoms with Crippen LogP contribution >= 0.6 is 16.2 Å². The van der Waals surface area contributed by atoms with Gasteiger partial charge in [0.2, 0.25) is 0 Å². The maximum absolute atomic E-state index is 7.17. The molecule has 1 aromatic heterocycles. The Morgan fingerprint density at radius 3 is 1.33 bits per heavy atom. The predicted octanol–water partition coefficient (Wildman–Crippen LogP) is 15.0. The molecule has 58 heavy (non-hydrogen) atoms. The smallest absolute Gasteiger partial charge is 0.390 e. The van der Waals surface area contributed by atoms with Crippen LogP contribution in [0.5, 0.6) is 5.75 Å². The molecule has 1 heterocycles. The second kappa shape index (κ2) is 14.7. The SMILES string of the molecule is c1ccc(P(Cc2ccc3ccccc3c2-c2c(Op3oc4ccc5ccccc5c4c4c(ccc5ccccc54)o3)ccc3ccccc23)c2ccccc2)cc1. The van der Waals surface area contributed by atoms with E-state index in [9.17, 15) is 0 Å². The van der Waals surface area contributed by atoms with Gasteiger partial charge >= 0.3 is 8.24 Å². The van der Waals surface area contributed by atoms with E-state index in [1.54, 1.807) is 0 Å². The van der Waals surface area contributed by atoms with Crippen LogP contribution in [0.15, 0.2) is 215 Å². The number of rotatable bonds is 7. The van der Waals surface area contributed by atoms with E-state index >= 15 is 0 Å². The first-order valence-electron chi connectivity index (χ1n) is 19.6. The maximum Gasteiger partial charge on any atom is 0.453 e. The highest BCUT2D eigenvalue weighted by atomic mass is 31.1. The molecule has 0 aliphatic carbocycles. The molecule has 11 aromatic rings. The minimum absolute atomic E-state index is 0.720. The Morgan fingerprint density at radius 1 is 0.379 bits per heavy atom. The van der Waals surface area contributed by atoms with Gasteiger partial charge in [-0.1, -0.05) is 188 Å². The summed E-state index contributed by atoms with van der Waals surface area (Å²) in [7, 11) is -2.69. The fourth-order valence-electron chi connectivity index (χ4n) is 8.51. The van der Waals surface area contributed by atoms with Gasteiger partial charge in [0.05, 0.1) is 0 Å². The zero-order chi connectivity index (χ0) is 38.4. The molecule has 0 atom stereocenters. The van der Waals surface area contributed by atoms with E-state index in [-0.39, 0.29) is 0 Å².